The first kappa shape index (κ1) is 18.0. The molecule has 0 aliphatic carbocycles. The molecule has 0 spiro atoms. The van der Waals surface area contributed by atoms with Crippen LogP contribution in [0.4, 0.5) is 0 Å². The van der Waals surface area contributed by atoms with E-state index in [0.29, 0.717) is 35.2 Å². The predicted octanol–water partition coefficient (Wildman–Crippen LogP) is 3.11. The van der Waals surface area contributed by atoms with Crippen LogP contribution in [0, 0.1) is 23.7 Å². The molecule has 1 fully saturated rings. The molecule has 3 atom stereocenters. The topological polar surface area (TPSA) is 46.2 Å². The Morgan fingerprint density at radius 3 is 2.40 bits per heavy atom. The molecule has 0 aromatic heterocycles. The molecule has 20 heavy (non-hydrogen) atoms. The lowest BCUT2D eigenvalue weighted by molar-refractivity contribution is 0.273. The first-order chi connectivity index (χ1) is 9.34. The zero-order valence-electron chi connectivity index (χ0n) is 13.7. The fourth-order valence-electron chi connectivity index (χ4n) is 3.32. The monoisotopic (exact) mass is 303 g/mol. The summed E-state index contributed by atoms with van der Waals surface area (Å²) in [7, 11) is -2.76. The van der Waals surface area contributed by atoms with Gasteiger partial charge in [0.25, 0.3) is 0 Å². The van der Waals surface area contributed by atoms with Crippen molar-refractivity contribution in [1.82, 2.24) is 5.32 Å². The Bertz CT molecular complexity index is 365. The minimum atomic E-state index is -2.76. The van der Waals surface area contributed by atoms with E-state index in [2.05, 4.69) is 33.0 Å². The largest absolute Gasteiger partial charge is 0.316 e. The molecule has 0 saturated carbocycles. The minimum Gasteiger partial charge on any atom is -0.316 e. The molecular formula is C16H33NO2S. The van der Waals surface area contributed by atoms with Crippen LogP contribution in [0.15, 0.2) is 0 Å². The Kier molecular flexibility index (Phi) is 7.52. The fourth-order valence-corrected chi connectivity index (χ4v) is 5.24. The van der Waals surface area contributed by atoms with Crippen LogP contribution in [0.1, 0.15) is 53.4 Å². The maximum atomic E-state index is 11.7. The van der Waals surface area contributed by atoms with E-state index in [4.69, 9.17) is 0 Å². The van der Waals surface area contributed by atoms with Gasteiger partial charge in [-0.3, -0.25) is 0 Å². The molecular weight excluding hydrogens is 270 g/mol. The molecule has 0 bridgehead atoms. The van der Waals surface area contributed by atoms with Crippen LogP contribution in [0.2, 0.25) is 0 Å². The van der Waals surface area contributed by atoms with Crippen molar-refractivity contribution in [2.45, 2.75) is 53.4 Å². The molecule has 3 nitrogen and oxygen atoms in total. The second kappa shape index (κ2) is 8.38. The third kappa shape index (κ3) is 6.57. The lowest BCUT2D eigenvalue weighted by Gasteiger charge is -2.26. The van der Waals surface area contributed by atoms with E-state index in [1.807, 2.05) is 0 Å². The van der Waals surface area contributed by atoms with Gasteiger partial charge in [0.1, 0.15) is 0 Å². The Balaban J connectivity index is 2.54. The van der Waals surface area contributed by atoms with E-state index < -0.39 is 9.84 Å². The zero-order valence-corrected chi connectivity index (χ0v) is 14.5. The van der Waals surface area contributed by atoms with Gasteiger partial charge in [0.15, 0.2) is 9.84 Å². The summed E-state index contributed by atoms with van der Waals surface area (Å²) in [5.41, 5.74) is 0. The van der Waals surface area contributed by atoms with Crippen molar-refractivity contribution in [1.29, 1.82) is 0 Å². The highest BCUT2D eigenvalue weighted by molar-refractivity contribution is 7.91. The summed E-state index contributed by atoms with van der Waals surface area (Å²) in [4.78, 5) is 0. The molecule has 1 saturated heterocycles. The second-order valence-corrected chi connectivity index (χ2v) is 9.33. The Hall–Kier alpha value is -0.0900. The van der Waals surface area contributed by atoms with E-state index in [0.717, 1.165) is 19.5 Å². The summed E-state index contributed by atoms with van der Waals surface area (Å²) in [6, 6.07) is 0. The van der Waals surface area contributed by atoms with E-state index in [-0.39, 0.29) is 0 Å². The van der Waals surface area contributed by atoms with Crippen LogP contribution in [0.3, 0.4) is 0 Å². The van der Waals surface area contributed by atoms with Crippen molar-refractivity contribution >= 4 is 9.84 Å². The predicted molar refractivity (Wildman–Crippen MR) is 86.6 cm³/mol. The van der Waals surface area contributed by atoms with Crippen LogP contribution in [0.5, 0.6) is 0 Å². The SMILES string of the molecule is CCCC(C)CC(CNCC(C)C)C1CCS(=O)(=O)C1. The van der Waals surface area contributed by atoms with Gasteiger partial charge in [-0.25, -0.2) is 8.42 Å². The summed E-state index contributed by atoms with van der Waals surface area (Å²) >= 11 is 0. The molecule has 1 N–H and O–H groups in total. The molecule has 1 aliphatic rings. The maximum absolute atomic E-state index is 11.7. The van der Waals surface area contributed by atoms with Gasteiger partial charge in [0.2, 0.25) is 0 Å². The van der Waals surface area contributed by atoms with Gasteiger partial charge < -0.3 is 5.32 Å². The third-order valence-electron chi connectivity index (χ3n) is 4.38. The van der Waals surface area contributed by atoms with Gasteiger partial charge in [-0.1, -0.05) is 40.5 Å². The van der Waals surface area contributed by atoms with Gasteiger partial charge in [-0.2, -0.15) is 0 Å². The van der Waals surface area contributed by atoms with Crippen molar-refractivity contribution in [3.8, 4) is 0 Å². The second-order valence-electron chi connectivity index (χ2n) is 7.10. The van der Waals surface area contributed by atoms with Gasteiger partial charge >= 0.3 is 0 Å². The highest BCUT2D eigenvalue weighted by atomic mass is 32.2. The third-order valence-corrected chi connectivity index (χ3v) is 6.17. The Morgan fingerprint density at radius 1 is 1.20 bits per heavy atom. The molecule has 1 aliphatic heterocycles. The van der Waals surface area contributed by atoms with Crippen molar-refractivity contribution in [3.05, 3.63) is 0 Å². The van der Waals surface area contributed by atoms with Crippen molar-refractivity contribution in [2.24, 2.45) is 23.7 Å². The number of nitrogens with one attached hydrogen (secondary N) is 1. The van der Waals surface area contributed by atoms with Gasteiger partial charge in [-0.05, 0) is 49.6 Å². The lowest BCUT2D eigenvalue weighted by atomic mass is 9.83. The summed E-state index contributed by atoms with van der Waals surface area (Å²) in [6.07, 6.45) is 4.50. The molecule has 0 radical (unpaired) electrons. The first-order valence-electron chi connectivity index (χ1n) is 8.25. The number of hydrogen-bond acceptors (Lipinski definition) is 3. The van der Waals surface area contributed by atoms with Gasteiger partial charge in [0, 0.05) is 0 Å². The number of hydrogen-bond donors (Lipinski definition) is 1. The smallest absolute Gasteiger partial charge is 0.150 e. The highest BCUT2D eigenvalue weighted by Gasteiger charge is 2.33. The van der Waals surface area contributed by atoms with Crippen LogP contribution in [-0.4, -0.2) is 33.0 Å². The molecule has 120 valence electrons. The van der Waals surface area contributed by atoms with Gasteiger partial charge in [-0.15, -0.1) is 0 Å². The minimum absolute atomic E-state index is 0.374. The quantitative estimate of drug-likeness (QED) is 0.712. The van der Waals surface area contributed by atoms with E-state index in [1.54, 1.807) is 0 Å². The number of sulfone groups is 1. The Morgan fingerprint density at radius 2 is 1.90 bits per heavy atom. The number of rotatable bonds is 9. The zero-order chi connectivity index (χ0) is 15.2. The molecule has 1 heterocycles. The summed E-state index contributed by atoms with van der Waals surface area (Å²) in [6.45, 7) is 11.0. The van der Waals surface area contributed by atoms with E-state index >= 15 is 0 Å². The first-order valence-corrected chi connectivity index (χ1v) is 10.1. The normalized spacial score (nSPS) is 24.9. The average molecular weight is 304 g/mol. The summed E-state index contributed by atoms with van der Waals surface area (Å²) in [5, 5.41) is 3.54. The van der Waals surface area contributed by atoms with Crippen molar-refractivity contribution < 1.29 is 8.42 Å². The van der Waals surface area contributed by atoms with Gasteiger partial charge in [0.05, 0.1) is 11.5 Å². The Labute approximate surface area is 125 Å². The van der Waals surface area contributed by atoms with Crippen molar-refractivity contribution in [3.63, 3.8) is 0 Å². The molecule has 0 amide bonds. The lowest BCUT2D eigenvalue weighted by Crippen LogP contribution is -2.32. The van der Waals surface area contributed by atoms with Crippen LogP contribution in [-0.2, 0) is 9.84 Å². The summed E-state index contributed by atoms with van der Waals surface area (Å²) in [5.74, 6) is 3.07. The molecule has 4 heteroatoms. The highest BCUT2D eigenvalue weighted by Crippen LogP contribution is 2.31. The van der Waals surface area contributed by atoms with Crippen LogP contribution >= 0.6 is 0 Å². The molecule has 0 aromatic rings. The fraction of sp³-hybridized carbons (Fsp3) is 1.00. The van der Waals surface area contributed by atoms with Crippen LogP contribution < -0.4 is 5.32 Å². The maximum Gasteiger partial charge on any atom is 0.150 e. The average Bonchev–Trinajstić information content (AvgIpc) is 2.68. The molecule has 3 unspecified atom stereocenters. The van der Waals surface area contributed by atoms with Crippen LogP contribution in [0.25, 0.3) is 0 Å². The summed E-state index contributed by atoms with van der Waals surface area (Å²) < 4.78 is 23.4. The molecule has 0 aromatic carbocycles. The van der Waals surface area contributed by atoms with E-state index in [9.17, 15) is 8.42 Å². The van der Waals surface area contributed by atoms with Crippen molar-refractivity contribution in [2.75, 3.05) is 24.6 Å². The standard InChI is InChI=1S/C16H33NO2S/c1-5-6-14(4)9-16(11-17-10-13(2)3)15-7-8-20(18,19)12-15/h13-17H,5-12H2,1-4H3. The van der Waals surface area contributed by atoms with E-state index in [1.165, 1.54) is 19.3 Å². The molecule has 1 rings (SSSR count).